The highest BCUT2D eigenvalue weighted by Gasteiger charge is 2.40. The number of carboxylic acids is 1. The lowest BCUT2D eigenvalue weighted by atomic mass is 10.2. The van der Waals surface area contributed by atoms with Crippen LogP contribution >= 0.6 is 0 Å². The highest BCUT2D eigenvalue weighted by atomic mass is 16.5. The van der Waals surface area contributed by atoms with E-state index in [0.29, 0.717) is 6.61 Å². The number of hydrogen-bond donors (Lipinski definition) is 3. The van der Waals surface area contributed by atoms with Gasteiger partial charge in [-0.2, -0.15) is 0 Å². The van der Waals surface area contributed by atoms with E-state index in [0.717, 1.165) is 12.8 Å². The van der Waals surface area contributed by atoms with Crippen molar-refractivity contribution < 1.29 is 24.2 Å². The summed E-state index contributed by atoms with van der Waals surface area (Å²) in [5.41, 5.74) is 5.20. The van der Waals surface area contributed by atoms with Gasteiger partial charge in [0.2, 0.25) is 5.91 Å². The third-order valence-corrected chi connectivity index (χ3v) is 3.36. The fraction of sp³-hybridized carbons (Fsp3) is 0.727. The van der Waals surface area contributed by atoms with Crippen molar-refractivity contribution in [3.8, 4) is 0 Å². The molecule has 2 fully saturated rings. The Bertz CT molecular complexity index is 396. The maximum absolute atomic E-state index is 12.0. The molecule has 0 aromatic rings. The monoisotopic (exact) mass is 271 g/mol. The number of primary amides is 1. The van der Waals surface area contributed by atoms with E-state index in [1.165, 1.54) is 4.90 Å². The number of carbonyl (C=O) groups is 3. The fourth-order valence-corrected chi connectivity index (χ4v) is 2.11. The Morgan fingerprint density at radius 1 is 1.37 bits per heavy atom. The Labute approximate surface area is 109 Å². The van der Waals surface area contributed by atoms with Gasteiger partial charge in [0.05, 0.1) is 13.2 Å². The number of morpholine rings is 1. The number of carbonyl (C=O) groups excluding carboxylic acids is 2. The molecule has 2 aliphatic rings. The maximum atomic E-state index is 12.0. The number of amides is 3. The van der Waals surface area contributed by atoms with Crippen LogP contribution in [0.1, 0.15) is 12.8 Å². The summed E-state index contributed by atoms with van der Waals surface area (Å²) in [7, 11) is 0. The van der Waals surface area contributed by atoms with E-state index >= 15 is 0 Å². The maximum Gasteiger partial charge on any atom is 0.326 e. The molecule has 8 heteroatoms. The quantitative estimate of drug-likeness (QED) is 0.589. The summed E-state index contributed by atoms with van der Waals surface area (Å²) in [6, 6.07) is -2.32. The standard InChI is InChI=1S/C11H17N3O5/c12-9(15)7-5-19-4-3-14(7)11(18)13-8(10(16)17)6-1-2-6/h6-8H,1-5H2,(H2,12,15)(H,13,18)(H,16,17). The second-order valence-corrected chi connectivity index (χ2v) is 4.79. The first-order chi connectivity index (χ1) is 9.00. The minimum Gasteiger partial charge on any atom is -0.480 e. The van der Waals surface area contributed by atoms with E-state index in [4.69, 9.17) is 15.6 Å². The van der Waals surface area contributed by atoms with Gasteiger partial charge < -0.3 is 25.8 Å². The topological polar surface area (TPSA) is 122 Å². The molecule has 2 atom stereocenters. The molecule has 1 aliphatic heterocycles. The fourth-order valence-electron chi connectivity index (χ4n) is 2.11. The molecule has 0 aromatic heterocycles. The number of hydrogen-bond acceptors (Lipinski definition) is 4. The second kappa shape index (κ2) is 5.43. The molecule has 0 bridgehead atoms. The van der Waals surface area contributed by atoms with E-state index in [1.807, 2.05) is 0 Å². The molecule has 1 heterocycles. The molecule has 1 aliphatic carbocycles. The molecule has 19 heavy (non-hydrogen) atoms. The average molecular weight is 271 g/mol. The van der Waals surface area contributed by atoms with Gasteiger partial charge in [-0.25, -0.2) is 9.59 Å². The van der Waals surface area contributed by atoms with E-state index in [2.05, 4.69) is 5.32 Å². The van der Waals surface area contributed by atoms with Gasteiger partial charge >= 0.3 is 12.0 Å². The van der Waals surface area contributed by atoms with Crippen molar-refractivity contribution in [2.75, 3.05) is 19.8 Å². The number of nitrogens with two attached hydrogens (primary N) is 1. The Hall–Kier alpha value is -1.83. The molecule has 106 valence electrons. The van der Waals surface area contributed by atoms with E-state index in [9.17, 15) is 14.4 Å². The first kappa shape index (κ1) is 13.6. The van der Waals surface area contributed by atoms with E-state index in [1.54, 1.807) is 0 Å². The van der Waals surface area contributed by atoms with Crippen LogP contribution in [0.15, 0.2) is 0 Å². The van der Waals surface area contributed by atoms with Crippen molar-refractivity contribution in [1.82, 2.24) is 10.2 Å². The van der Waals surface area contributed by atoms with Crippen molar-refractivity contribution >= 4 is 17.9 Å². The van der Waals surface area contributed by atoms with Crippen molar-refractivity contribution in [3.63, 3.8) is 0 Å². The summed E-state index contributed by atoms with van der Waals surface area (Å²) < 4.78 is 5.10. The van der Waals surface area contributed by atoms with Crippen molar-refractivity contribution in [3.05, 3.63) is 0 Å². The first-order valence-electron chi connectivity index (χ1n) is 6.17. The molecule has 4 N–H and O–H groups in total. The average Bonchev–Trinajstić information content (AvgIpc) is 3.19. The number of nitrogens with zero attached hydrogens (tertiary/aromatic N) is 1. The van der Waals surface area contributed by atoms with Crippen LogP contribution in [0.3, 0.4) is 0 Å². The van der Waals surface area contributed by atoms with Gasteiger partial charge in [-0.3, -0.25) is 4.79 Å². The normalized spacial score (nSPS) is 24.6. The molecule has 0 spiro atoms. The zero-order chi connectivity index (χ0) is 14.0. The molecular formula is C11H17N3O5. The van der Waals surface area contributed by atoms with Crippen molar-refractivity contribution in [2.45, 2.75) is 24.9 Å². The van der Waals surface area contributed by atoms with Crippen LogP contribution in [0.5, 0.6) is 0 Å². The smallest absolute Gasteiger partial charge is 0.326 e. The summed E-state index contributed by atoms with van der Waals surface area (Å²) >= 11 is 0. The van der Waals surface area contributed by atoms with Crippen LogP contribution in [0, 0.1) is 5.92 Å². The molecule has 2 unspecified atom stereocenters. The number of carboxylic acid groups (broad SMARTS) is 1. The molecule has 0 radical (unpaired) electrons. The third-order valence-electron chi connectivity index (χ3n) is 3.36. The minimum absolute atomic E-state index is 0.0190. The number of urea groups is 1. The largest absolute Gasteiger partial charge is 0.480 e. The summed E-state index contributed by atoms with van der Waals surface area (Å²) in [6.45, 7) is 0.568. The molecule has 3 amide bonds. The van der Waals surface area contributed by atoms with E-state index in [-0.39, 0.29) is 19.1 Å². The Morgan fingerprint density at radius 2 is 2.05 bits per heavy atom. The van der Waals surface area contributed by atoms with Gasteiger partial charge in [-0.15, -0.1) is 0 Å². The van der Waals surface area contributed by atoms with Gasteiger partial charge in [0, 0.05) is 6.54 Å². The molecule has 1 saturated heterocycles. The number of aliphatic carboxylic acids is 1. The van der Waals surface area contributed by atoms with Crippen LogP contribution in [0.25, 0.3) is 0 Å². The third kappa shape index (κ3) is 3.14. The molecule has 2 rings (SSSR count). The van der Waals surface area contributed by atoms with Gasteiger partial charge in [-0.1, -0.05) is 0 Å². The van der Waals surface area contributed by atoms with Crippen LogP contribution in [0.2, 0.25) is 0 Å². The number of rotatable bonds is 4. The zero-order valence-electron chi connectivity index (χ0n) is 10.4. The zero-order valence-corrected chi connectivity index (χ0v) is 10.4. The summed E-state index contributed by atoms with van der Waals surface area (Å²) in [4.78, 5) is 35.6. The second-order valence-electron chi connectivity index (χ2n) is 4.79. The van der Waals surface area contributed by atoms with Crippen LogP contribution in [-0.4, -0.2) is 59.8 Å². The molecule has 1 saturated carbocycles. The predicted octanol–water partition coefficient (Wildman–Crippen LogP) is -1.25. The molecular weight excluding hydrogens is 254 g/mol. The molecule has 8 nitrogen and oxygen atoms in total. The van der Waals surface area contributed by atoms with Crippen LogP contribution in [-0.2, 0) is 14.3 Å². The first-order valence-corrected chi connectivity index (χ1v) is 6.17. The lowest BCUT2D eigenvalue weighted by Gasteiger charge is -2.34. The highest BCUT2D eigenvalue weighted by molar-refractivity contribution is 5.88. The Kier molecular flexibility index (Phi) is 3.89. The van der Waals surface area contributed by atoms with Crippen LogP contribution in [0.4, 0.5) is 4.79 Å². The predicted molar refractivity (Wildman–Crippen MR) is 63.2 cm³/mol. The van der Waals surface area contributed by atoms with Gasteiger partial charge in [0.15, 0.2) is 0 Å². The minimum atomic E-state index is -1.06. The van der Waals surface area contributed by atoms with E-state index < -0.39 is 30.0 Å². The Morgan fingerprint density at radius 3 is 2.58 bits per heavy atom. The molecule has 0 aromatic carbocycles. The van der Waals surface area contributed by atoms with Gasteiger partial charge in [0.25, 0.3) is 0 Å². The Balaban J connectivity index is 2.00. The lowest BCUT2D eigenvalue weighted by molar-refractivity contribution is -0.139. The van der Waals surface area contributed by atoms with Crippen molar-refractivity contribution in [2.24, 2.45) is 11.7 Å². The summed E-state index contributed by atoms with van der Waals surface area (Å²) in [6.07, 6.45) is 1.58. The SMILES string of the molecule is NC(=O)C1COCCN1C(=O)NC(C(=O)O)C1CC1. The van der Waals surface area contributed by atoms with Gasteiger partial charge in [0.1, 0.15) is 12.1 Å². The lowest BCUT2D eigenvalue weighted by Crippen LogP contribution is -2.59. The number of nitrogens with one attached hydrogen (secondary N) is 1. The number of ether oxygens (including phenoxy) is 1. The summed E-state index contributed by atoms with van der Waals surface area (Å²) in [5, 5.41) is 11.5. The van der Waals surface area contributed by atoms with Gasteiger partial charge in [-0.05, 0) is 18.8 Å². The van der Waals surface area contributed by atoms with Crippen molar-refractivity contribution in [1.29, 1.82) is 0 Å². The van der Waals surface area contributed by atoms with Crippen LogP contribution < -0.4 is 11.1 Å². The summed E-state index contributed by atoms with van der Waals surface area (Å²) in [5.74, 6) is -1.73. The highest BCUT2D eigenvalue weighted by Crippen LogP contribution is 2.32.